The average molecular weight is 250 g/mol. The monoisotopic (exact) mass is 250 g/mol. The highest BCUT2D eigenvalue weighted by atomic mass is 16.5. The fourth-order valence-electron chi connectivity index (χ4n) is 2.01. The first-order valence-corrected chi connectivity index (χ1v) is 6.08. The van der Waals surface area contributed by atoms with E-state index in [0.29, 0.717) is 6.54 Å². The largest absolute Gasteiger partial charge is 0.445 e. The standard InChI is InChI=1S/C13H18N2O3/c16-8-11-6-14-7-12(11)15-13(17)18-9-10-4-2-1-3-5-10/h1-5,11-12,14,16H,6-9H2,(H,15,17)/t11-,12+/m1/s1. The molecule has 98 valence electrons. The van der Waals surface area contributed by atoms with Crippen LogP contribution >= 0.6 is 0 Å². The Morgan fingerprint density at radius 3 is 2.89 bits per heavy atom. The Balaban J connectivity index is 1.75. The third kappa shape index (κ3) is 3.45. The molecule has 1 saturated heterocycles. The number of aliphatic hydroxyl groups is 1. The summed E-state index contributed by atoms with van der Waals surface area (Å²) in [6, 6.07) is 9.47. The number of ether oxygens (including phenoxy) is 1. The summed E-state index contributed by atoms with van der Waals surface area (Å²) in [7, 11) is 0. The van der Waals surface area contributed by atoms with Crippen molar-refractivity contribution in [2.24, 2.45) is 5.92 Å². The summed E-state index contributed by atoms with van der Waals surface area (Å²) in [5.41, 5.74) is 0.955. The summed E-state index contributed by atoms with van der Waals surface area (Å²) in [4.78, 5) is 11.6. The first kappa shape index (κ1) is 12.9. The summed E-state index contributed by atoms with van der Waals surface area (Å²) in [6.07, 6.45) is -0.439. The van der Waals surface area contributed by atoms with E-state index in [1.165, 1.54) is 0 Å². The first-order valence-electron chi connectivity index (χ1n) is 6.08. The molecule has 0 aromatic heterocycles. The van der Waals surface area contributed by atoms with Crippen LogP contribution in [-0.2, 0) is 11.3 Å². The zero-order chi connectivity index (χ0) is 12.8. The van der Waals surface area contributed by atoms with Gasteiger partial charge in [0.15, 0.2) is 0 Å². The van der Waals surface area contributed by atoms with E-state index >= 15 is 0 Å². The van der Waals surface area contributed by atoms with E-state index in [1.54, 1.807) is 0 Å². The molecule has 0 saturated carbocycles. The van der Waals surface area contributed by atoms with Gasteiger partial charge < -0.3 is 20.5 Å². The van der Waals surface area contributed by atoms with E-state index in [1.807, 2.05) is 30.3 Å². The molecule has 2 atom stereocenters. The van der Waals surface area contributed by atoms with Gasteiger partial charge in [0.1, 0.15) is 6.61 Å². The molecule has 1 amide bonds. The van der Waals surface area contributed by atoms with E-state index in [-0.39, 0.29) is 25.2 Å². The van der Waals surface area contributed by atoms with Crippen molar-refractivity contribution in [1.29, 1.82) is 0 Å². The normalized spacial score (nSPS) is 22.7. The zero-order valence-corrected chi connectivity index (χ0v) is 10.1. The Morgan fingerprint density at radius 2 is 2.17 bits per heavy atom. The van der Waals surface area contributed by atoms with Crippen molar-refractivity contribution in [3.05, 3.63) is 35.9 Å². The average Bonchev–Trinajstić information content (AvgIpc) is 2.85. The Bertz CT molecular complexity index is 383. The fourth-order valence-corrected chi connectivity index (χ4v) is 2.01. The molecule has 1 aliphatic rings. The molecule has 1 fully saturated rings. The molecular formula is C13H18N2O3. The number of hydrogen-bond acceptors (Lipinski definition) is 4. The lowest BCUT2D eigenvalue weighted by atomic mass is 10.1. The molecule has 3 N–H and O–H groups in total. The van der Waals surface area contributed by atoms with Crippen LogP contribution in [0.15, 0.2) is 30.3 Å². The van der Waals surface area contributed by atoms with Crippen molar-refractivity contribution in [3.63, 3.8) is 0 Å². The molecule has 18 heavy (non-hydrogen) atoms. The van der Waals surface area contributed by atoms with E-state index in [2.05, 4.69) is 10.6 Å². The minimum Gasteiger partial charge on any atom is -0.445 e. The van der Waals surface area contributed by atoms with Gasteiger partial charge in [0.2, 0.25) is 0 Å². The molecule has 1 aliphatic heterocycles. The van der Waals surface area contributed by atoms with Crippen molar-refractivity contribution in [3.8, 4) is 0 Å². The molecule has 1 aromatic rings. The molecule has 0 unspecified atom stereocenters. The molecule has 1 aromatic carbocycles. The van der Waals surface area contributed by atoms with Crippen molar-refractivity contribution in [1.82, 2.24) is 10.6 Å². The SMILES string of the molecule is O=C(N[C@H]1CNC[C@@H]1CO)OCc1ccccc1. The van der Waals surface area contributed by atoms with Gasteiger partial charge in [-0.15, -0.1) is 0 Å². The van der Waals surface area contributed by atoms with Crippen LogP contribution in [0.3, 0.4) is 0 Å². The van der Waals surface area contributed by atoms with Crippen LogP contribution < -0.4 is 10.6 Å². The third-order valence-electron chi connectivity index (χ3n) is 3.09. The second kappa shape index (κ2) is 6.37. The van der Waals surface area contributed by atoms with Crippen LogP contribution in [0.4, 0.5) is 4.79 Å². The second-order valence-corrected chi connectivity index (χ2v) is 4.41. The maximum Gasteiger partial charge on any atom is 0.407 e. The lowest BCUT2D eigenvalue weighted by molar-refractivity contribution is 0.130. The van der Waals surface area contributed by atoms with E-state index in [4.69, 9.17) is 9.84 Å². The van der Waals surface area contributed by atoms with E-state index in [9.17, 15) is 4.79 Å². The van der Waals surface area contributed by atoms with Gasteiger partial charge in [-0.3, -0.25) is 0 Å². The highest BCUT2D eigenvalue weighted by Crippen LogP contribution is 2.08. The van der Waals surface area contributed by atoms with Gasteiger partial charge in [-0.2, -0.15) is 0 Å². The number of carbonyl (C=O) groups is 1. The Kier molecular flexibility index (Phi) is 4.55. The van der Waals surface area contributed by atoms with E-state index in [0.717, 1.165) is 12.1 Å². The number of hydrogen-bond donors (Lipinski definition) is 3. The van der Waals surface area contributed by atoms with Crippen LogP contribution in [0.1, 0.15) is 5.56 Å². The van der Waals surface area contributed by atoms with Gasteiger partial charge >= 0.3 is 6.09 Å². The van der Waals surface area contributed by atoms with Gasteiger partial charge in [0, 0.05) is 25.6 Å². The smallest absolute Gasteiger partial charge is 0.407 e. The number of nitrogens with one attached hydrogen (secondary N) is 2. The number of alkyl carbamates (subject to hydrolysis) is 1. The lowest BCUT2D eigenvalue weighted by Crippen LogP contribution is -2.41. The fraction of sp³-hybridized carbons (Fsp3) is 0.462. The molecule has 0 spiro atoms. The maximum atomic E-state index is 11.6. The van der Waals surface area contributed by atoms with Gasteiger partial charge in [-0.1, -0.05) is 30.3 Å². The van der Waals surface area contributed by atoms with Crippen molar-refractivity contribution in [2.75, 3.05) is 19.7 Å². The molecule has 5 heteroatoms. The predicted octanol–water partition coefficient (Wildman–Crippen LogP) is 0.493. The molecule has 0 aliphatic carbocycles. The summed E-state index contributed by atoms with van der Waals surface area (Å²) < 4.78 is 5.12. The number of aliphatic hydroxyl groups excluding tert-OH is 1. The number of amides is 1. The lowest BCUT2D eigenvalue weighted by Gasteiger charge is -2.17. The Hall–Kier alpha value is -1.59. The molecule has 5 nitrogen and oxygen atoms in total. The Morgan fingerprint density at radius 1 is 1.39 bits per heavy atom. The zero-order valence-electron chi connectivity index (χ0n) is 10.1. The number of benzene rings is 1. The molecule has 0 radical (unpaired) electrons. The van der Waals surface area contributed by atoms with Gasteiger partial charge in [0.25, 0.3) is 0 Å². The Labute approximate surface area is 106 Å². The second-order valence-electron chi connectivity index (χ2n) is 4.41. The van der Waals surface area contributed by atoms with Crippen molar-refractivity contribution in [2.45, 2.75) is 12.6 Å². The summed E-state index contributed by atoms with van der Waals surface area (Å²) in [5.74, 6) is 0.0641. The number of rotatable bonds is 4. The summed E-state index contributed by atoms with van der Waals surface area (Å²) in [5, 5.41) is 15.0. The van der Waals surface area contributed by atoms with Crippen LogP contribution in [0.5, 0.6) is 0 Å². The maximum absolute atomic E-state index is 11.6. The molecular weight excluding hydrogens is 232 g/mol. The van der Waals surface area contributed by atoms with Gasteiger partial charge in [0.05, 0.1) is 6.04 Å². The molecule has 2 rings (SSSR count). The van der Waals surface area contributed by atoms with Crippen LogP contribution in [0.25, 0.3) is 0 Å². The predicted molar refractivity (Wildman–Crippen MR) is 67.0 cm³/mol. The van der Waals surface area contributed by atoms with Gasteiger partial charge in [-0.05, 0) is 5.56 Å². The third-order valence-corrected chi connectivity index (χ3v) is 3.09. The van der Waals surface area contributed by atoms with Gasteiger partial charge in [-0.25, -0.2) is 4.79 Å². The van der Waals surface area contributed by atoms with Crippen LogP contribution in [0.2, 0.25) is 0 Å². The van der Waals surface area contributed by atoms with Crippen LogP contribution in [-0.4, -0.2) is 36.9 Å². The topological polar surface area (TPSA) is 70.6 Å². The molecule has 0 bridgehead atoms. The summed E-state index contributed by atoms with van der Waals surface area (Å²) >= 11 is 0. The summed E-state index contributed by atoms with van der Waals surface area (Å²) in [6.45, 7) is 1.72. The number of carbonyl (C=O) groups excluding carboxylic acids is 1. The molecule has 1 heterocycles. The van der Waals surface area contributed by atoms with E-state index < -0.39 is 6.09 Å². The van der Waals surface area contributed by atoms with Crippen molar-refractivity contribution < 1.29 is 14.6 Å². The minimum atomic E-state index is -0.439. The minimum absolute atomic E-state index is 0.0572. The first-order chi connectivity index (χ1) is 8.79. The highest BCUT2D eigenvalue weighted by molar-refractivity contribution is 5.67. The quantitative estimate of drug-likeness (QED) is 0.727. The van der Waals surface area contributed by atoms with Crippen LogP contribution in [0, 0.1) is 5.92 Å². The van der Waals surface area contributed by atoms with Crippen molar-refractivity contribution >= 4 is 6.09 Å². The highest BCUT2D eigenvalue weighted by Gasteiger charge is 2.27.